The molecule has 3 aromatic rings. The van der Waals surface area contributed by atoms with E-state index in [1.807, 2.05) is 20.8 Å². The van der Waals surface area contributed by atoms with Gasteiger partial charge in [0.1, 0.15) is 17.4 Å². The molecule has 0 radical (unpaired) electrons. The number of aromatic carboxylic acids is 1. The minimum atomic E-state index is -1.17. The number of halogens is 3. The van der Waals surface area contributed by atoms with Crippen LogP contribution in [-0.4, -0.2) is 42.7 Å². The first-order chi connectivity index (χ1) is 19.3. The molecule has 1 amide bonds. The SMILES string of the molecule is COc1cc(C(=O)O)ccc1NC(=O)[C@@H]1N[C@@H](CC(C)(C)C)[C@](CN)(c2ccc(Cl)cc2F)[C@H]1c1cccc(F)c1. The molecule has 1 fully saturated rings. The van der Waals surface area contributed by atoms with E-state index in [0.717, 1.165) is 0 Å². The van der Waals surface area contributed by atoms with E-state index in [0.29, 0.717) is 12.0 Å². The van der Waals surface area contributed by atoms with Crippen molar-refractivity contribution in [2.45, 2.75) is 50.6 Å². The average Bonchev–Trinajstić information content (AvgIpc) is 3.22. The van der Waals surface area contributed by atoms with Gasteiger partial charge in [-0.15, -0.1) is 0 Å². The summed E-state index contributed by atoms with van der Waals surface area (Å²) < 4.78 is 35.8. The lowest BCUT2D eigenvalue weighted by molar-refractivity contribution is -0.118. The van der Waals surface area contributed by atoms with Crippen LogP contribution in [0.2, 0.25) is 5.02 Å². The summed E-state index contributed by atoms with van der Waals surface area (Å²) in [6.45, 7) is 6.05. The number of nitrogens with one attached hydrogen (secondary N) is 2. The highest BCUT2D eigenvalue weighted by Gasteiger charge is 2.59. The number of carboxylic acid groups (broad SMARTS) is 1. The van der Waals surface area contributed by atoms with Gasteiger partial charge in [-0.2, -0.15) is 0 Å². The van der Waals surface area contributed by atoms with Crippen molar-refractivity contribution in [3.05, 3.63) is 94.0 Å². The van der Waals surface area contributed by atoms with Crippen LogP contribution < -0.4 is 21.1 Å². The molecule has 0 saturated carbocycles. The number of rotatable bonds is 8. The minimum absolute atomic E-state index is 0.0120. The second-order valence-corrected chi connectivity index (χ2v) is 12.0. The fourth-order valence-corrected chi connectivity index (χ4v) is 6.14. The van der Waals surface area contributed by atoms with Gasteiger partial charge < -0.3 is 26.2 Å². The molecule has 0 spiro atoms. The Kier molecular flexibility index (Phi) is 8.73. The van der Waals surface area contributed by atoms with Crippen LogP contribution in [0.4, 0.5) is 14.5 Å². The molecule has 10 heteroatoms. The highest BCUT2D eigenvalue weighted by atomic mass is 35.5. The Morgan fingerprint density at radius 1 is 1.12 bits per heavy atom. The molecule has 4 rings (SSSR count). The first-order valence-electron chi connectivity index (χ1n) is 13.2. The Balaban J connectivity index is 1.90. The fraction of sp³-hybridized carbons (Fsp3) is 0.355. The number of nitrogens with two attached hydrogens (primary N) is 1. The van der Waals surface area contributed by atoms with E-state index < -0.39 is 46.9 Å². The molecule has 1 saturated heterocycles. The largest absolute Gasteiger partial charge is 0.495 e. The molecule has 41 heavy (non-hydrogen) atoms. The van der Waals surface area contributed by atoms with Crippen LogP contribution in [0.15, 0.2) is 60.7 Å². The summed E-state index contributed by atoms with van der Waals surface area (Å²) in [5, 5.41) is 15.8. The Labute approximate surface area is 243 Å². The number of hydrogen-bond acceptors (Lipinski definition) is 5. The van der Waals surface area contributed by atoms with Gasteiger partial charge in [-0.1, -0.05) is 50.6 Å². The Morgan fingerprint density at radius 2 is 1.85 bits per heavy atom. The molecule has 3 aromatic carbocycles. The van der Waals surface area contributed by atoms with E-state index in [1.165, 1.54) is 43.5 Å². The van der Waals surface area contributed by atoms with Gasteiger partial charge in [0.25, 0.3) is 0 Å². The summed E-state index contributed by atoms with van der Waals surface area (Å²) in [5.74, 6) is -3.36. The standard InChI is InChI=1S/C31H34ClF2N3O4/c1-30(2,3)15-25-31(16-35,21-10-9-19(32)14-22(21)34)26(17-6-5-7-20(33)12-17)27(37-25)28(38)36-23-11-8-18(29(39)40)13-24(23)41-4/h5-14,25-27,37H,15-16,35H2,1-4H3,(H,36,38)(H,39,40)/t25-,26-,27+,31-/m0/s1. The van der Waals surface area contributed by atoms with Crippen molar-refractivity contribution in [2.24, 2.45) is 11.1 Å². The Hall–Kier alpha value is -3.53. The maximum atomic E-state index is 15.8. The number of carbonyl (C=O) groups is 2. The van der Waals surface area contributed by atoms with Crippen LogP contribution >= 0.6 is 11.6 Å². The van der Waals surface area contributed by atoms with Crippen molar-refractivity contribution in [1.29, 1.82) is 0 Å². The lowest BCUT2D eigenvalue weighted by atomic mass is 9.62. The molecule has 5 N–H and O–H groups in total. The summed E-state index contributed by atoms with van der Waals surface area (Å²) in [6, 6.07) is 12.9. The molecule has 1 aliphatic heterocycles. The van der Waals surface area contributed by atoms with Crippen LogP contribution in [0, 0.1) is 17.0 Å². The van der Waals surface area contributed by atoms with Gasteiger partial charge in [0.2, 0.25) is 5.91 Å². The highest BCUT2D eigenvalue weighted by Crippen LogP contribution is 2.52. The molecule has 218 valence electrons. The van der Waals surface area contributed by atoms with Crippen LogP contribution in [0.25, 0.3) is 0 Å². The third-order valence-electron chi connectivity index (χ3n) is 7.67. The quantitative estimate of drug-likeness (QED) is 0.269. The molecule has 0 bridgehead atoms. The molecular formula is C31H34ClF2N3O4. The number of carboxylic acids is 1. The second kappa shape index (κ2) is 11.8. The van der Waals surface area contributed by atoms with Crippen molar-refractivity contribution < 1.29 is 28.2 Å². The molecule has 0 unspecified atom stereocenters. The van der Waals surface area contributed by atoms with Crippen LogP contribution in [-0.2, 0) is 10.2 Å². The van der Waals surface area contributed by atoms with Gasteiger partial charge >= 0.3 is 5.97 Å². The monoisotopic (exact) mass is 585 g/mol. The van der Waals surface area contributed by atoms with Gasteiger partial charge in [-0.3, -0.25) is 4.79 Å². The topological polar surface area (TPSA) is 114 Å². The fourth-order valence-electron chi connectivity index (χ4n) is 5.99. The second-order valence-electron chi connectivity index (χ2n) is 11.6. The number of methoxy groups -OCH3 is 1. The zero-order valence-corrected chi connectivity index (χ0v) is 24.1. The van der Waals surface area contributed by atoms with E-state index in [4.69, 9.17) is 22.1 Å². The number of benzene rings is 3. The summed E-state index contributed by atoms with van der Waals surface area (Å²) in [5.41, 5.74) is 6.11. The first-order valence-corrected chi connectivity index (χ1v) is 13.6. The third-order valence-corrected chi connectivity index (χ3v) is 7.91. The van der Waals surface area contributed by atoms with Gasteiger partial charge in [0, 0.05) is 28.9 Å². The lowest BCUT2D eigenvalue weighted by Gasteiger charge is -2.42. The molecule has 0 aromatic heterocycles. The maximum absolute atomic E-state index is 15.8. The predicted molar refractivity (Wildman–Crippen MR) is 155 cm³/mol. The summed E-state index contributed by atoms with van der Waals surface area (Å²) >= 11 is 6.11. The van der Waals surface area contributed by atoms with Crippen molar-refractivity contribution in [1.82, 2.24) is 5.32 Å². The molecule has 0 aliphatic carbocycles. The molecule has 1 heterocycles. The summed E-state index contributed by atoms with van der Waals surface area (Å²) in [7, 11) is 1.36. The molecule has 7 nitrogen and oxygen atoms in total. The van der Waals surface area contributed by atoms with Crippen molar-refractivity contribution >= 4 is 29.2 Å². The lowest BCUT2D eigenvalue weighted by Crippen LogP contribution is -2.50. The first kappa shape index (κ1) is 30.4. The van der Waals surface area contributed by atoms with E-state index >= 15 is 4.39 Å². The van der Waals surface area contributed by atoms with Crippen LogP contribution in [0.1, 0.15) is 54.6 Å². The van der Waals surface area contributed by atoms with Gasteiger partial charge in [0.05, 0.1) is 24.4 Å². The Morgan fingerprint density at radius 3 is 2.44 bits per heavy atom. The van der Waals surface area contributed by atoms with Crippen LogP contribution in [0.3, 0.4) is 0 Å². The van der Waals surface area contributed by atoms with Crippen molar-refractivity contribution in [3.63, 3.8) is 0 Å². The van der Waals surface area contributed by atoms with E-state index in [9.17, 15) is 19.1 Å². The van der Waals surface area contributed by atoms with Gasteiger partial charge in [-0.25, -0.2) is 13.6 Å². The summed E-state index contributed by atoms with van der Waals surface area (Å²) in [6.07, 6.45) is 0.512. The number of amides is 1. The maximum Gasteiger partial charge on any atom is 0.335 e. The average molecular weight is 586 g/mol. The Bertz CT molecular complexity index is 1460. The predicted octanol–water partition coefficient (Wildman–Crippen LogP) is 5.72. The molecule has 1 aliphatic rings. The van der Waals surface area contributed by atoms with Gasteiger partial charge in [-0.05, 0) is 65.4 Å². The van der Waals surface area contributed by atoms with Gasteiger partial charge in [0.15, 0.2) is 0 Å². The summed E-state index contributed by atoms with van der Waals surface area (Å²) in [4.78, 5) is 25.5. The van der Waals surface area contributed by atoms with E-state index in [-0.39, 0.29) is 39.5 Å². The van der Waals surface area contributed by atoms with Crippen molar-refractivity contribution in [3.8, 4) is 5.75 Å². The van der Waals surface area contributed by atoms with E-state index in [2.05, 4.69) is 10.6 Å². The minimum Gasteiger partial charge on any atom is -0.495 e. The third kappa shape index (κ3) is 6.07. The molecular weight excluding hydrogens is 552 g/mol. The zero-order chi connectivity index (χ0) is 30.1. The van der Waals surface area contributed by atoms with Crippen molar-refractivity contribution in [2.75, 3.05) is 19.0 Å². The number of carbonyl (C=O) groups excluding carboxylic acids is 1. The van der Waals surface area contributed by atoms with Crippen LogP contribution in [0.5, 0.6) is 5.75 Å². The highest BCUT2D eigenvalue weighted by molar-refractivity contribution is 6.30. The number of hydrogen-bond donors (Lipinski definition) is 4. The smallest absolute Gasteiger partial charge is 0.335 e. The number of ether oxygens (including phenoxy) is 1. The molecule has 4 atom stereocenters. The normalized spacial score (nSPS) is 22.4. The van der Waals surface area contributed by atoms with E-state index in [1.54, 1.807) is 24.3 Å². The zero-order valence-electron chi connectivity index (χ0n) is 23.3. The number of anilines is 1.